The molecule has 0 saturated carbocycles. The second kappa shape index (κ2) is 4.89. The highest BCUT2D eigenvalue weighted by atomic mass is 16.5. The van der Waals surface area contributed by atoms with Crippen LogP contribution < -0.4 is 10.1 Å². The Bertz CT molecular complexity index is 762. The molecule has 4 heteroatoms. The molecule has 0 unspecified atom stereocenters. The molecule has 0 bridgehead atoms. The number of anilines is 1. The van der Waals surface area contributed by atoms with Crippen LogP contribution in [0.4, 0.5) is 5.69 Å². The van der Waals surface area contributed by atoms with E-state index in [1.807, 2.05) is 50.5 Å². The number of hydrogen-bond donors (Lipinski definition) is 1. The van der Waals surface area contributed by atoms with E-state index >= 15 is 0 Å². The van der Waals surface area contributed by atoms with Crippen LogP contribution in [0.1, 0.15) is 0 Å². The van der Waals surface area contributed by atoms with Crippen LogP contribution in [0, 0.1) is 0 Å². The zero-order valence-corrected chi connectivity index (χ0v) is 11.8. The SMILES string of the molecule is CNc1ccc2nc(-c3cccc(OC)c3)n(C)c2c1. The minimum Gasteiger partial charge on any atom is -0.497 e. The summed E-state index contributed by atoms with van der Waals surface area (Å²) in [6.45, 7) is 0. The number of aryl methyl sites for hydroxylation is 1. The van der Waals surface area contributed by atoms with Crippen LogP contribution in [0.2, 0.25) is 0 Å². The van der Waals surface area contributed by atoms with Gasteiger partial charge in [0.2, 0.25) is 0 Å². The summed E-state index contributed by atoms with van der Waals surface area (Å²) in [6.07, 6.45) is 0. The van der Waals surface area contributed by atoms with Crippen molar-refractivity contribution in [1.82, 2.24) is 9.55 Å². The minimum absolute atomic E-state index is 0.838. The van der Waals surface area contributed by atoms with Gasteiger partial charge in [-0.25, -0.2) is 4.98 Å². The number of rotatable bonds is 3. The lowest BCUT2D eigenvalue weighted by atomic mass is 10.2. The van der Waals surface area contributed by atoms with Crippen molar-refractivity contribution in [1.29, 1.82) is 0 Å². The van der Waals surface area contributed by atoms with Gasteiger partial charge in [0.05, 0.1) is 18.1 Å². The molecule has 0 atom stereocenters. The smallest absolute Gasteiger partial charge is 0.140 e. The van der Waals surface area contributed by atoms with Gasteiger partial charge in [0.25, 0.3) is 0 Å². The topological polar surface area (TPSA) is 39.1 Å². The number of benzene rings is 2. The van der Waals surface area contributed by atoms with Gasteiger partial charge in [-0.3, -0.25) is 0 Å². The lowest BCUT2D eigenvalue weighted by molar-refractivity contribution is 0.415. The second-order valence-electron chi connectivity index (χ2n) is 4.68. The van der Waals surface area contributed by atoms with Crippen molar-refractivity contribution in [3.63, 3.8) is 0 Å². The van der Waals surface area contributed by atoms with Gasteiger partial charge in [0.15, 0.2) is 0 Å². The molecule has 0 aliphatic rings. The van der Waals surface area contributed by atoms with Crippen molar-refractivity contribution in [2.75, 3.05) is 19.5 Å². The molecule has 102 valence electrons. The number of hydrogen-bond acceptors (Lipinski definition) is 3. The van der Waals surface area contributed by atoms with Crippen molar-refractivity contribution >= 4 is 16.7 Å². The predicted octanol–water partition coefficient (Wildman–Crippen LogP) is 3.29. The third kappa shape index (κ3) is 1.99. The normalized spacial score (nSPS) is 10.8. The molecule has 0 amide bonds. The molecule has 1 N–H and O–H groups in total. The van der Waals surface area contributed by atoms with Crippen LogP contribution in [-0.4, -0.2) is 23.7 Å². The highest BCUT2D eigenvalue weighted by molar-refractivity contribution is 5.83. The van der Waals surface area contributed by atoms with E-state index in [1.165, 1.54) is 0 Å². The first-order valence-electron chi connectivity index (χ1n) is 6.51. The molecule has 0 aliphatic heterocycles. The van der Waals surface area contributed by atoms with Crippen LogP contribution in [-0.2, 0) is 7.05 Å². The summed E-state index contributed by atoms with van der Waals surface area (Å²) in [6, 6.07) is 14.1. The van der Waals surface area contributed by atoms with E-state index in [4.69, 9.17) is 9.72 Å². The maximum Gasteiger partial charge on any atom is 0.140 e. The van der Waals surface area contributed by atoms with Gasteiger partial charge < -0.3 is 14.6 Å². The average molecular weight is 267 g/mol. The zero-order chi connectivity index (χ0) is 14.1. The summed E-state index contributed by atoms with van der Waals surface area (Å²) in [5.74, 6) is 1.78. The highest BCUT2D eigenvalue weighted by Gasteiger charge is 2.10. The molecule has 0 radical (unpaired) electrons. The number of imidazole rings is 1. The van der Waals surface area contributed by atoms with Gasteiger partial charge in [-0.05, 0) is 30.3 Å². The Morgan fingerprint density at radius 2 is 2.00 bits per heavy atom. The van der Waals surface area contributed by atoms with E-state index in [1.54, 1.807) is 7.11 Å². The lowest BCUT2D eigenvalue weighted by Gasteiger charge is -2.05. The van der Waals surface area contributed by atoms with Crippen LogP contribution in [0.5, 0.6) is 5.75 Å². The van der Waals surface area contributed by atoms with E-state index in [-0.39, 0.29) is 0 Å². The molecule has 0 fully saturated rings. The largest absolute Gasteiger partial charge is 0.497 e. The molecule has 4 nitrogen and oxygen atoms in total. The van der Waals surface area contributed by atoms with Crippen molar-refractivity contribution in [3.05, 3.63) is 42.5 Å². The first kappa shape index (κ1) is 12.5. The fourth-order valence-corrected chi connectivity index (χ4v) is 2.37. The van der Waals surface area contributed by atoms with Crippen molar-refractivity contribution in [3.8, 4) is 17.1 Å². The molecule has 1 aromatic heterocycles. The quantitative estimate of drug-likeness (QED) is 0.791. The molecular weight excluding hydrogens is 250 g/mol. The van der Waals surface area contributed by atoms with Gasteiger partial charge >= 0.3 is 0 Å². The van der Waals surface area contributed by atoms with Gasteiger partial charge in [0.1, 0.15) is 11.6 Å². The van der Waals surface area contributed by atoms with Crippen LogP contribution in [0.3, 0.4) is 0 Å². The molecular formula is C16H17N3O. The number of nitrogens with zero attached hydrogens (tertiary/aromatic N) is 2. The second-order valence-corrected chi connectivity index (χ2v) is 4.68. The van der Waals surface area contributed by atoms with Gasteiger partial charge in [-0.2, -0.15) is 0 Å². The van der Waals surface area contributed by atoms with Crippen molar-refractivity contribution in [2.24, 2.45) is 7.05 Å². The van der Waals surface area contributed by atoms with Crippen molar-refractivity contribution < 1.29 is 4.74 Å². The van der Waals surface area contributed by atoms with Gasteiger partial charge in [0, 0.05) is 25.3 Å². The molecule has 1 heterocycles. The molecule has 20 heavy (non-hydrogen) atoms. The van der Waals surface area contributed by atoms with Gasteiger partial charge in [-0.1, -0.05) is 12.1 Å². The Labute approximate surface area is 118 Å². The standard InChI is InChI=1S/C16H17N3O/c1-17-12-7-8-14-15(10-12)19(2)16(18-14)11-5-4-6-13(9-11)20-3/h4-10,17H,1-3H3. The Kier molecular flexibility index (Phi) is 3.06. The first-order chi connectivity index (χ1) is 9.72. The summed E-state index contributed by atoms with van der Waals surface area (Å²) >= 11 is 0. The van der Waals surface area contributed by atoms with E-state index in [0.717, 1.165) is 33.9 Å². The van der Waals surface area contributed by atoms with Crippen LogP contribution in [0.25, 0.3) is 22.4 Å². The van der Waals surface area contributed by atoms with Gasteiger partial charge in [-0.15, -0.1) is 0 Å². The zero-order valence-electron chi connectivity index (χ0n) is 11.8. The summed E-state index contributed by atoms with van der Waals surface area (Å²) in [7, 11) is 5.62. The first-order valence-corrected chi connectivity index (χ1v) is 6.51. The molecule has 0 spiro atoms. The Hall–Kier alpha value is -2.49. The van der Waals surface area contributed by atoms with E-state index in [0.29, 0.717) is 0 Å². The summed E-state index contributed by atoms with van der Waals surface area (Å²) in [5.41, 5.74) is 4.23. The molecule has 0 saturated heterocycles. The fraction of sp³-hybridized carbons (Fsp3) is 0.188. The van der Waals surface area contributed by atoms with E-state index in [2.05, 4.69) is 16.0 Å². The fourth-order valence-electron chi connectivity index (χ4n) is 2.37. The number of aromatic nitrogens is 2. The minimum atomic E-state index is 0.838. The Balaban J connectivity index is 2.18. The maximum atomic E-state index is 5.28. The number of fused-ring (bicyclic) bond motifs is 1. The molecule has 3 rings (SSSR count). The molecule has 3 aromatic rings. The predicted molar refractivity (Wildman–Crippen MR) is 82.2 cm³/mol. The monoisotopic (exact) mass is 267 g/mol. The molecule has 0 aliphatic carbocycles. The number of methoxy groups -OCH3 is 1. The highest BCUT2D eigenvalue weighted by Crippen LogP contribution is 2.27. The third-order valence-corrected chi connectivity index (χ3v) is 3.50. The van der Waals surface area contributed by atoms with Crippen LogP contribution >= 0.6 is 0 Å². The Morgan fingerprint density at radius 3 is 2.75 bits per heavy atom. The van der Waals surface area contributed by atoms with E-state index in [9.17, 15) is 0 Å². The van der Waals surface area contributed by atoms with Crippen LogP contribution in [0.15, 0.2) is 42.5 Å². The Morgan fingerprint density at radius 1 is 1.15 bits per heavy atom. The summed E-state index contributed by atoms with van der Waals surface area (Å²) in [4.78, 5) is 4.71. The number of nitrogens with one attached hydrogen (secondary N) is 1. The average Bonchev–Trinajstić information content (AvgIpc) is 2.84. The summed E-state index contributed by atoms with van der Waals surface area (Å²) < 4.78 is 7.38. The maximum absolute atomic E-state index is 5.28. The number of ether oxygens (including phenoxy) is 1. The lowest BCUT2D eigenvalue weighted by Crippen LogP contribution is -1.94. The summed E-state index contributed by atoms with van der Waals surface area (Å²) in [5, 5.41) is 3.15. The third-order valence-electron chi connectivity index (χ3n) is 3.50. The van der Waals surface area contributed by atoms with Crippen molar-refractivity contribution in [2.45, 2.75) is 0 Å². The van der Waals surface area contributed by atoms with E-state index < -0.39 is 0 Å². The molecule has 2 aromatic carbocycles.